The van der Waals surface area contributed by atoms with Gasteiger partial charge in [-0.3, -0.25) is 9.59 Å². The molecule has 4 rings (SSSR count). The van der Waals surface area contributed by atoms with Gasteiger partial charge in [0.25, 0.3) is 11.8 Å². The Kier molecular flexibility index (Phi) is 5.64. The normalized spacial score (nSPS) is 27.1. The number of carbonyl (C=O) groups excluding carboxylic acids is 2. The van der Waals surface area contributed by atoms with E-state index in [1.165, 1.54) is 0 Å². The quantitative estimate of drug-likeness (QED) is 0.815. The maximum atomic E-state index is 12.9. The molecule has 0 radical (unpaired) electrons. The molecule has 1 N–H and O–H groups in total. The Hall–Kier alpha value is -1.96. The molecule has 0 bridgehead atoms. The zero-order valence-corrected chi connectivity index (χ0v) is 17.1. The number of hydrogen-bond donors (Lipinski definition) is 1. The number of rotatable bonds is 2. The summed E-state index contributed by atoms with van der Waals surface area (Å²) in [4.78, 5) is 29.1. The van der Waals surface area contributed by atoms with Crippen molar-refractivity contribution < 1.29 is 24.2 Å². The Morgan fingerprint density at radius 3 is 1.90 bits per heavy atom. The molecule has 29 heavy (non-hydrogen) atoms. The van der Waals surface area contributed by atoms with Gasteiger partial charge in [0, 0.05) is 43.7 Å². The van der Waals surface area contributed by atoms with E-state index < -0.39 is 5.60 Å². The van der Waals surface area contributed by atoms with Gasteiger partial charge in [-0.15, -0.1) is 0 Å². The monoisotopic (exact) mass is 402 g/mol. The fraction of sp³-hybridized carbons (Fsp3) is 0.636. The maximum Gasteiger partial charge on any atom is 0.254 e. The minimum Gasteiger partial charge on any atom is -0.390 e. The zero-order chi connectivity index (χ0) is 20.5. The summed E-state index contributed by atoms with van der Waals surface area (Å²) in [5.41, 5.74) is 0.190. The summed E-state index contributed by atoms with van der Waals surface area (Å²) >= 11 is 0. The largest absolute Gasteiger partial charge is 0.390 e. The second-order valence-corrected chi connectivity index (χ2v) is 8.73. The molecule has 1 spiro atoms. The highest BCUT2D eigenvalue weighted by molar-refractivity contribution is 5.98. The van der Waals surface area contributed by atoms with Crippen LogP contribution in [0.25, 0.3) is 0 Å². The van der Waals surface area contributed by atoms with Gasteiger partial charge in [-0.25, -0.2) is 0 Å². The van der Waals surface area contributed by atoms with E-state index in [9.17, 15) is 14.7 Å². The average Bonchev–Trinajstić information content (AvgIpc) is 2.73. The van der Waals surface area contributed by atoms with Gasteiger partial charge in [0.2, 0.25) is 0 Å². The first-order valence-electron chi connectivity index (χ1n) is 10.5. The molecule has 1 unspecified atom stereocenters. The number of aliphatic hydroxyl groups is 1. The van der Waals surface area contributed by atoms with Crippen LogP contribution in [0.5, 0.6) is 0 Å². The Labute approximate surface area is 171 Å². The Morgan fingerprint density at radius 2 is 1.38 bits per heavy atom. The van der Waals surface area contributed by atoms with Crippen LogP contribution in [0.3, 0.4) is 0 Å². The predicted molar refractivity (Wildman–Crippen MR) is 107 cm³/mol. The van der Waals surface area contributed by atoms with Crippen molar-refractivity contribution in [3.05, 3.63) is 35.4 Å². The topological polar surface area (TPSA) is 79.3 Å². The SMILES string of the molecule is CC1(O)CCOC2(CCN(C(=O)c3ccc(C(=O)N4CCOCC4)cc3)CC2)C1. The van der Waals surface area contributed by atoms with Gasteiger partial charge in [0.15, 0.2) is 0 Å². The second-order valence-electron chi connectivity index (χ2n) is 8.73. The van der Waals surface area contributed by atoms with Gasteiger partial charge in [-0.05, 0) is 50.5 Å². The third-order valence-electron chi connectivity index (χ3n) is 6.39. The summed E-state index contributed by atoms with van der Waals surface area (Å²) in [6, 6.07) is 6.94. The molecule has 3 saturated heterocycles. The molecule has 1 atom stereocenters. The number of likely N-dealkylation sites (tertiary alicyclic amines) is 1. The Bertz CT molecular complexity index is 747. The molecule has 0 aliphatic carbocycles. The van der Waals surface area contributed by atoms with Crippen LogP contribution in [-0.2, 0) is 9.47 Å². The van der Waals surface area contributed by atoms with E-state index in [4.69, 9.17) is 9.47 Å². The number of nitrogens with zero attached hydrogens (tertiary/aromatic N) is 2. The predicted octanol–water partition coefficient (Wildman–Crippen LogP) is 1.70. The molecule has 3 fully saturated rings. The lowest BCUT2D eigenvalue weighted by Gasteiger charge is -2.48. The molecule has 2 amide bonds. The summed E-state index contributed by atoms with van der Waals surface area (Å²) in [7, 11) is 0. The molecule has 3 aliphatic rings. The highest BCUT2D eigenvalue weighted by atomic mass is 16.5. The van der Waals surface area contributed by atoms with Crippen molar-refractivity contribution in [3.8, 4) is 0 Å². The third-order valence-corrected chi connectivity index (χ3v) is 6.39. The summed E-state index contributed by atoms with van der Waals surface area (Å²) in [6.07, 6.45) is 2.76. The standard InChI is InChI=1S/C22H30N2O5/c1-21(27)8-13-29-22(16-21)6-9-23(10-7-22)19(25)17-2-4-18(5-3-17)20(26)24-11-14-28-15-12-24/h2-5,27H,6-16H2,1H3. The Balaban J connectivity index is 1.36. The molecule has 1 aromatic carbocycles. The van der Waals surface area contributed by atoms with Crippen molar-refractivity contribution >= 4 is 11.8 Å². The van der Waals surface area contributed by atoms with E-state index in [0.717, 1.165) is 12.8 Å². The van der Waals surface area contributed by atoms with Crippen molar-refractivity contribution in [2.24, 2.45) is 0 Å². The molecule has 0 aromatic heterocycles. The zero-order valence-electron chi connectivity index (χ0n) is 17.1. The van der Waals surface area contributed by atoms with Crippen molar-refractivity contribution in [1.82, 2.24) is 9.80 Å². The van der Waals surface area contributed by atoms with Crippen molar-refractivity contribution in [3.63, 3.8) is 0 Å². The van der Waals surface area contributed by atoms with E-state index in [2.05, 4.69) is 0 Å². The van der Waals surface area contributed by atoms with Crippen LogP contribution in [0.15, 0.2) is 24.3 Å². The minimum atomic E-state index is -0.687. The van der Waals surface area contributed by atoms with Crippen molar-refractivity contribution in [2.45, 2.75) is 43.8 Å². The van der Waals surface area contributed by atoms with Crippen LogP contribution in [0.4, 0.5) is 0 Å². The highest BCUT2D eigenvalue weighted by Crippen LogP contribution is 2.39. The van der Waals surface area contributed by atoms with Crippen LogP contribution >= 0.6 is 0 Å². The second kappa shape index (κ2) is 8.05. The van der Waals surface area contributed by atoms with Crippen molar-refractivity contribution in [1.29, 1.82) is 0 Å². The van der Waals surface area contributed by atoms with Gasteiger partial charge in [0.05, 0.1) is 31.0 Å². The Morgan fingerprint density at radius 1 is 0.862 bits per heavy atom. The molecule has 0 saturated carbocycles. The maximum absolute atomic E-state index is 12.9. The molecule has 7 nitrogen and oxygen atoms in total. The molecule has 158 valence electrons. The van der Waals surface area contributed by atoms with Gasteiger partial charge in [0.1, 0.15) is 0 Å². The lowest BCUT2D eigenvalue weighted by molar-refractivity contribution is -0.170. The number of piperidine rings is 1. The van der Waals surface area contributed by atoms with Gasteiger partial charge in [-0.2, -0.15) is 0 Å². The molecule has 1 aromatic rings. The van der Waals surface area contributed by atoms with E-state index in [1.54, 1.807) is 29.2 Å². The molecular weight excluding hydrogens is 372 g/mol. The number of hydrogen-bond acceptors (Lipinski definition) is 5. The highest BCUT2D eigenvalue weighted by Gasteiger charge is 2.45. The molecular formula is C22H30N2O5. The lowest BCUT2D eigenvalue weighted by atomic mass is 9.78. The first-order valence-corrected chi connectivity index (χ1v) is 10.5. The molecule has 3 aliphatic heterocycles. The summed E-state index contributed by atoms with van der Waals surface area (Å²) in [5.74, 6) is -0.0403. The molecule has 7 heteroatoms. The fourth-order valence-electron chi connectivity index (χ4n) is 4.65. The number of carbonyl (C=O) groups is 2. The summed E-state index contributed by atoms with van der Waals surface area (Å²) < 4.78 is 11.3. The first kappa shape index (κ1) is 20.3. The van der Waals surface area contributed by atoms with Crippen LogP contribution in [0.1, 0.15) is 53.3 Å². The van der Waals surface area contributed by atoms with E-state index in [1.807, 2.05) is 11.8 Å². The van der Waals surface area contributed by atoms with Gasteiger partial charge < -0.3 is 24.4 Å². The van der Waals surface area contributed by atoms with Crippen LogP contribution in [0.2, 0.25) is 0 Å². The fourth-order valence-corrected chi connectivity index (χ4v) is 4.65. The summed E-state index contributed by atoms with van der Waals surface area (Å²) in [5, 5.41) is 10.4. The van der Waals surface area contributed by atoms with Crippen molar-refractivity contribution in [2.75, 3.05) is 46.0 Å². The number of benzene rings is 1. The number of amides is 2. The molecule has 3 heterocycles. The van der Waals surface area contributed by atoms with Gasteiger partial charge >= 0.3 is 0 Å². The summed E-state index contributed by atoms with van der Waals surface area (Å²) in [6.45, 7) is 6.00. The van der Waals surface area contributed by atoms with Crippen LogP contribution < -0.4 is 0 Å². The van der Waals surface area contributed by atoms with Crippen LogP contribution in [-0.4, -0.2) is 83.9 Å². The lowest BCUT2D eigenvalue weighted by Crippen LogP contribution is -2.54. The average molecular weight is 402 g/mol. The third kappa shape index (κ3) is 4.47. The van der Waals surface area contributed by atoms with Crippen LogP contribution in [0, 0.1) is 0 Å². The minimum absolute atomic E-state index is 0.0197. The number of ether oxygens (including phenoxy) is 2. The smallest absolute Gasteiger partial charge is 0.254 e. The first-order chi connectivity index (χ1) is 13.9. The van der Waals surface area contributed by atoms with E-state index in [-0.39, 0.29) is 17.4 Å². The van der Waals surface area contributed by atoms with E-state index >= 15 is 0 Å². The van der Waals surface area contributed by atoms with Gasteiger partial charge in [-0.1, -0.05) is 0 Å². The number of morpholine rings is 1. The van der Waals surface area contributed by atoms with E-state index in [0.29, 0.717) is 70.0 Å².